The number of aromatic nitrogens is 2. The van der Waals surface area contributed by atoms with Gasteiger partial charge in [0.05, 0.1) is 22.4 Å². The minimum Gasteiger partial charge on any atom is -0.452 e. The van der Waals surface area contributed by atoms with Crippen LogP contribution in [0, 0.1) is 12.7 Å². The lowest BCUT2D eigenvalue weighted by Gasteiger charge is -2.14. The van der Waals surface area contributed by atoms with Gasteiger partial charge in [-0.2, -0.15) is 4.98 Å². The molecule has 0 unspecified atom stereocenters. The molecule has 1 aromatic heterocycles. The third-order valence-electron chi connectivity index (χ3n) is 5.36. The van der Waals surface area contributed by atoms with E-state index in [1.54, 1.807) is 55.5 Å². The molecule has 0 saturated carbocycles. The van der Waals surface area contributed by atoms with E-state index in [2.05, 4.69) is 10.1 Å². The highest BCUT2D eigenvalue weighted by atomic mass is 19.1. The van der Waals surface area contributed by atoms with Crippen LogP contribution in [0.25, 0.3) is 11.4 Å². The molecule has 0 aliphatic carbocycles. The smallest absolute Gasteiger partial charge is 0.338 e. The summed E-state index contributed by atoms with van der Waals surface area (Å²) >= 11 is 0. The summed E-state index contributed by atoms with van der Waals surface area (Å²) in [7, 11) is 0. The Balaban J connectivity index is 1.29. The second kappa shape index (κ2) is 8.36. The van der Waals surface area contributed by atoms with Crippen molar-refractivity contribution in [3.8, 4) is 11.4 Å². The third kappa shape index (κ3) is 3.73. The number of ether oxygens (including phenoxy) is 1. The molecule has 0 fully saturated rings. The van der Waals surface area contributed by atoms with Gasteiger partial charge in [0, 0.05) is 5.56 Å². The molecule has 0 saturated heterocycles. The molecule has 34 heavy (non-hydrogen) atoms. The van der Waals surface area contributed by atoms with Gasteiger partial charge in [-0.25, -0.2) is 14.1 Å². The molecule has 0 N–H and O–H groups in total. The number of carbonyl (C=O) groups is 3. The van der Waals surface area contributed by atoms with Crippen LogP contribution in [0.5, 0.6) is 0 Å². The number of halogens is 1. The quantitative estimate of drug-likeness (QED) is 0.324. The van der Waals surface area contributed by atoms with Crippen molar-refractivity contribution < 1.29 is 28.0 Å². The molecule has 168 valence electrons. The van der Waals surface area contributed by atoms with E-state index in [0.29, 0.717) is 22.3 Å². The summed E-state index contributed by atoms with van der Waals surface area (Å²) in [5.41, 5.74) is 1.92. The molecule has 5 rings (SSSR count). The number of hydrogen-bond acceptors (Lipinski definition) is 7. The number of hydrogen-bond donors (Lipinski definition) is 0. The summed E-state index contributed by atoms with van der Waals surface area (Å²) in [5, 5.41) is 3.78. The van der Waals surface area contributed by atoms with Crippen LogP contribution in [0.1, 0.15) is 42.5 Å². The number of anilines is 1. The Hall–Kier alpha value is -4.66. The van der Waals surface area contributed by atoms with Gasteiger partial charge in [0.25, 0.3) is 17.7 Å². The molecule has 4 aromatic rings. The Kier molecular flexibility index (Phi) is 5.21. The predicted molar refractivity (Wildman–Crippen MR) is 118 cm³/mol. The first kappa shape index (κ1) is 21.2. The van der Waals surface area contributed by atoms with Gasteiger partial charge in [-0.1, -0.05) is 35.5 Å². The van der Waals surface area contributed by atoms with Gasteiger partial charge in [0.1, 0.15) is 5.82 Å². The molecule has 2 heterocycles. The van der Waals surface area contributed by atoms with Gasteiger partial charge >= 0.3 is 5.97 Å². The number of esters is 1. The van der Waals surface area contributed by atoms with Crippen molar-refractivity contribution in [2.45, 2.75) is 13.5 Å². The van der Waals surface area contributed by atoms with Crippen LogP contribution in [0.3, 0.4) is 0 Å². The Morgan fingerprint density at radius 1 is 1.00 bits per heavy atom. The molecule has 9 heteroatoms. The number of carbonyl (C=O) groups excluding carboxylic acids is 3. The van der Waals surface area contributed by atoms with Gasteiger partial charge in [0.15, 0.2) is 6.61 Å². The fourth-order valence-electron chi connectivity index (χ4n) is 3.57. The number of imide groups is 1. The lowest BCUT2D eigenvalue weighted by Crippen LogP contribution is -2.29. The number of fused-ring (bicyclic) bond motifs is 1. The average Bonchev–Trinajstić information content (AvgIpc) is 3.42. The summed E-state index contributed by atoms with van der Waals surface area (Å²) in [5.74, 6) is -1.83. The first-order chi connectivity index (χ1) is 16.4. The number of nitrogens with zero attached hydrogens (tertiary/aromatic N) is 3. The second-order valence-corrected chi connectivity index (χ2v) is 7.59. The molecular weight excluding hydrogens is 441 g/mol. The normalized spacial score (nSPS) is 12.7. The van der Waals surface area contributed by atoms with E-state index in [9.17, 15) is 18.8 Å². The van der Waals surface area contributed by atoms with Crippen LogP contribution < -0.4 is 4.90 Å². The number of amides is 2. The molecule has 0 bridgehead atoms. The lowest BCUT2D eigenvalue weighted by atomic mass is 10.1. The van der Waals surface area contributed by atoms with Crippen molar-refractivity contribution in [2.75, 3.05) is 4.90 Å². The molecular formula is C25H16FN3O5. The molecule has 0 atom stereocenters. The molecule has 1 aliphatic rings. The van der Waals surface area contributed by atoms with Crippen LogP contribution in [0.2, 0.25) is 0 Å². The van der Waals surface area contributed by atoms with E-state index in [4.69, 9.17) is 9.26 Å². The van der Waals surface area contributed by atoms with Crippen molar-refractivity contribution in [2.24, 2.45) is 0 Å². The average molecular weight is 457 g/mol. The Bertz CT molecular complexity index is 1430. The molecule has 1 aliphatic heterocycles. The van der Waals surface area contributed by atoms with E-state index >= 15 is 0 Å². The Labute approximate surface area is 192 Å². The zero-order chi connectivity index (χ0) is 23.8. The van der Waals surface area contributed by atoms with Crippen molar-refractivity contribution in [1.29, 1.82) is 0 Å². The first-order valence-electron chi connectivity index (χ1n) is 10.3. The highest BCUT2D eigenvalue weighted by Gasteiger charge is 2.36. The largest absolute Gasteiger partial charge is 0.452 e. The maximum atomic E-state index is 13.8. The molecule has 8 nitrogen and oxygen atoms in total. The van der Waals surface area contributed by atoms with Crippen LogP contribution in [-0.2, 0) is 11.3 Å². The van der Waals surface area contributed by atoms with Gasteiger partial charge in [-0.15, -0.1) is 0 Å². The summed E-state index contributed by atoms with van der Waals surface area (Å²) < 4.78 is 24.1. The summed E-state index contributed by atoms with van der Waals surface area (Å²) in [6.07, 6.45) is 0. The van der Waals surface area contributed by atoms with Crippen LogP contribution >= 0.6 is 0 Å². The molecule has 2 amide bonds. The topological polar surface area (TPSA) is 103 Å². The molecule has 0 radical (unpaired) electrons. The van der Waals surface area contributed by atoms with E-state index in [-0.39, 0.29) is 29.6 Å². The first-order valence-corrected chi connectivity index (χ1v) is 10.3. The maximum Gasteiger partial charge on any atom is 0.338 e. The van der Waals surface area contributed by atoms with Crippen LogP contribution in [0.4, 0.5) is 10.1 Å². The highest BCUT2D eigenvalue weighted by molar-refractivity contribution is 6.34. The minimum atomic E-state index is -0.709. The fourth-order valence-corrected chi connectivity index (χ4v) is 3.57. The zero-order valence-corrected chi connectivity index (χ0v) is 17.8. The van der Waals surface area contributed by atoms with Crippen molar-refractivity contribution in [3.05, 3.63) is 101 Å². The minimum absolute atomic E-state index is 0.0286. The van der Waals surface area contributed by atoms with Crippen molar-refractivity contribution in [1.82, 2.24) is 10.1 Å². The van der Waals surface area contributed by atoms with E-state index in [1.165, 1.54) is 18.2 Å². The van der Waals surface area contributed by atoms with Crippen molar-refractivity contribution in [3.63, 3.8) is 0 Å². The third-order valence-corrected chi connectivity index (χ3v) is 5.36. The predicted octanol–water partition coefficient (Wildman–Crippen LogP) is 4.34. The van der Waals surface area contributed by atoms with E-state index in [0.717, 1.165) is 4.90 Å². The fraction of sp³-hybridized carbons (Fsp3) is 0.0800. The molecule has 0 spiro atoms. The SMILES string of the molecule is Cc1ccc(-c2noc(COC(=O)c3cccc(N4C(=O)c5ccccc5C4=O)c3)n2)cc1F. The van der Waals surface area contributed by atoms with Gasteiger partial charge in [-0.3, -0.25) is 9.59 Å². The Morgan fingerprint density at radius 2 is 1.74 bits per heavy atom. The number of rotatable bonds is 5. The van der Waals surface area contributed by atoms with Gasteiger partial charge in [-0.05, 0) is 48.9 Å². The van der Waals surface area contributed by atoms with Crippen LogP contribution in [-0.4, -0.2) is 27.9 Å². The lowest BCUT2D eigenvalue weighted by molar-refractivity contribution is 0.0429. The van der Waals surface area contributed by atoms with Gasteiger partial charge in [0.2, 0.25) is 5.82 Å². The van der Waals surface area contributed by atoms with E-state index < -0.39 is 23.6 Å². The maximum absolute atomic E-state index is 13.8. The number of benzene rings is 3. The Morgan fingerprint density at radius 3 is 2.44 bits per heavy atom. The zero-order valence-electron chi connectivity index (χ0n) is 17.8. The van der Waals surface area contributed by atoms with E-state index in [1.807, 2.05) is 0 Å². The summed E-state index contributed by atoms with van der Waals surface area (Å²) in [4.78, 5) is 43.1. The van der Waals surface area contributed by atoms with Crippen molar-refractivity contribution >= 4 is 23.5 Å². The highest BCUT2D eigenvalue weighted by Crippen LogP contribution is 2.29. The summed E-state index contributed by atoms with van der Waals surface area (Å²) in [6, 6.07) is 17.1. The number of aryl methyl sites for hydroxylation is 1. The molecule has 3 aromatic carbocycles. The van der Waals surface area contributed by atoms with Gasteiger partial charge < -0.3 is 9.26 Å². The standard InChI is InChI=1S/C25H16FN3O5/c1-14-9-10-15(12-20(14)26)22-27-21(34-28-22)13-33-25(32)16-5-4-6-17(11-16)29-23(30)18-7-2-3-8-19(18)24(29)31/h2-12H,13H2,1H3. The second-order valence-electron chi connectivity index (χ2n) is 7.59. The monoisotopic (exact) mass is 457 g/mol. The summed E-state index contributed by atoms with van der Waals surface area (Å²) in [6.45, 7) is 1.33. The van der Waals surface area contributed by atoms with Crippen LogP contribution in [0.15, 0.2) is 71.3 Å².